The molecule has 0 radical (unpaired) electrons. The number of benzene rings is 2. The molecule has 0 spiro atoms. The SMILES string of the molecule is O=c1[nH]cc(O)n1Cc1cccc(CCCCOCCCCCCNC[C@H](O)c2ccc(O)c(CO)c2)c1. The molecule has 2 aromatic carbocycles. The van der Waals surface area contributed by atoms with E-state index in [0.717, 1.165) is 70.3 Å². The maximum absolute atomic E-state index is 11.7. The first-order valence-electron chi connectivity index (χ1n) is 13.4. The standard InChI is InChI=1S/C29H41N3O6/c33-21-25-17-24(11-12-26(25)34)27(35)18-30-13-4-1-2-5-14-38-15-6-3-8-22-9-7-10-23(16-22)20-32-28(36)19-31-29(32)37/h7,9-12,16-17,19,27,30,33-36H,1-6,8,13-15,18,20-21H2,(H,31,37)/t27-/m0/s1. The van der Waals surface area contributed by atoms with E-state index in [1.807, 2.05) is 12.1 Å². The third-order valence-corrected chi connectivity index (χ3v) is 6.57. The fourth-order valence-electron chi connectivity index (χ4n) is 4.34. The zero-order valence-corrected chi connectivity index (χ0v) is 21.9. The molecule has 9 nitrogen and oxygen atoms in total. The van der Waals surface area contributed by atoms with Crippen molar-refractivity contribution in [1.29, 1.82) is 0 Å². The molecule has 0 saturated carbocycles. The van der Waals surface area contributed by atoms with E-state index in [2.05, 4.69) is 22.4 Å². The van der Waals surface area contributed by atoms with Crippen LogP contribution in [0.15, 0.2) is 53.5 Å². The Kier molecular flexibility index (Phi) is 12.4. The van der Waals surface area contributed by atoms with Crippen LogP contribution in [0.5, 0.6) is 11.6 Å². The zero-order valence-electron chi connectivity index (χ0n) is 21.9. The predicted molar refractivity (Wildman–Crippen MR) is 146 cm³/mol. The number of aliphatic hydroxyl groups is 2. The summed E-state index contributed by atoms with van der Waals surface area (Å²) in [4.78, 5) is 14.2. The highest BCUT2D eigenvalue weighted by atomic mass is 16.5. The number of nitrogens with one attached hydrogen (secondary N) is 2. The lowest BCUT2D eigenvalue weighted by atomic mass is 10.1. The summed E-state index contributed by atoms with van der Waals surface area (Å²) in [5.74, 6) is -0.0242. The number of aromatic amines is 1. The summed E-state index contributed by atoms with van der Waals surface area (Å²) >= 11 is 0. The van der Waals surface area contributed by atoms with E-state index >= 15 is 0 Å². The van der Waals surface area contributed by atoms with Gasteiger partial charge in [0.15, 0.2) is 0 Å². The van der Waals surface area contributed by atoms with E-state index in [9.17, 15) is 25.2 Å². The first kappa shape index (κ1) is 29.4. The largest absolute Gasteiger partial charge is 0.508 e. The van der Waals surface area contributed by atoms with E-state index in [1.54, 1.807) is 12.1 Å². The Morgan fingerprint density at radius 3 is 2.47 bits per heavy atom. The van der Waals surface area contributed by atoms with Gasteiger partial charge in [-0.2, -0.15) is 0 Å². The number of nitrogens with zero attached hydrogens (tertiary/aromatic N) is 1. The molecule has 6 N–H and O–H groups in total. The number of aromatic hydroxyl groups is 2. The van der Waals surface area contributed by atoms with Crippen LogP contribution in [0.25, 0.3) is 0 Å². The maximum Gasteiger partial charge on any atom is 0.328 e. The molecule has 0 aliphatic heterocycles. The van der Waals surface area contributed by atoms with Gasteiger partial charge in [0.25, 0.3) is 0 Å². The second-order valence-electron chi connectivity index (χ2n) is 9.61. The minimum atomic E-state index is -0.678. The second-order valence-corrected chi connectivity index (χ2v) is 9.61. The van der Waals surface area contributed by atoms with Crippen molar-refractivity contribution in [3.63, 3.8) is 0 Å². The average molecular weight is 528 g/mol. The summed E-state index contributed by atoms with van der Waals surface area (Å²) in [6.07, 6.45) is 7.86. The molecule has 38 heavy (non-hydrogen) atoms. The number of aryl methyl sites for hydroxylation is 1. The van der Waals surface area contributed by atoms with Crippen molar-refractivity contribution >= 4 is 0 Å². The van der Waals surface area contributed by atoms with Crippen LogP contribution in [-0.4, -0.2) is 56.3 Å². The summed E-state index contributed by atoms with van der Waals surface area (Å²) in [7, 11) is 0. The highest BCUT2D eigenvalue weighted by Crippen LogP contribution is 2.22. The van der Waals surface area contributed by atoms with Gasteiger partial charge in [0, 0.05) is 25.3 Å². The predicted octanol–water partition coefficient (Wildman–Crippen LogP) is 3.35. The molecule has 0 bridgehead atoms. The fourth-order valence-corrected chi connectivity index (χ4v) is 4.34. The number of aromatic nitrogens is 2. The maximum atomic E-state index is 11.7. The number of phenols is 1. The Labute approximate surface area is 223 Å². The fraction of sp³-hybridized carbons (Fsp3) is 0.483. The molecule has 208 valence electrons. The molecule has 0 unspecified atom stereocenters. The van der Waals surface area contributed by atoms with Gasteiger partial charge in [-0.3, -0.25) is 4.57 Å². The van der Waals surface area contributed by atoms with E-state index in [1.165, 1.54) is 22.4 Å². The number of ether oxygens (including phenoxy) is 1. The topological polar surface area (TPSA) is 140 Å². The first-order valence-corrected chi connectivity index (χ1v) is 13.4. The summed E-state index contributed by atoms with van der Waals surface area (Å²) in [5, 5.41) is 42.1. The number of H-pyrrole nitrogens is 1. The lowest BCUT2D eigenvalue weighted by molar-refractivity contribution is 0.126. The highest BCUT2D eigenvalue weighted by Gasteiger charge is 2.10. The van der Waals surface area contributed by atoms with Crippen LogP contribution in [0, 0.1) is 0 Å². The summed E-state index contributed by atoms with van der Waals surface area (Å²) in [6, 6.07) is 12.9. The summed E-state index contributed by atoms with van der Waals surface area (Å²) < 4.78 is 7.08. The molecule has 1 heterocycles. The minimum absolute atomic E-state index is 0.0364. The second kappa shape index (κ2) is 16.0. The van der Waals surface area contributed by atoms with Crippen LogP contribution < -0.4 is 11.0 Å². The molecule has 1 atom stereocenters. The van der Waals surface area contributed by atoms with Crippen molar-refractivity contribution in [2.45, 2.75) is 64.2 Å². The average Bonchev–Trinajstić information content (AvgIpc) is 3.23. The molecule has 0 amide bonds. The molecule has 0 aliphatic carbocycles. The van der Waals surface area contributed by atoms with Gasteiger partial charge < -0.3 is 35.5 Å². The normalized spacial score (nSPS) is 12.2. The van der Waals surface area contributed by atoms with Crippen molar-refractivity contribution in [2.24, 2.45) is 0 Å². The lowest BCUT2D eigenvalue weighted by Crippen LogP contribution is -2.22. The van der Waals surface area contributed by atoms with E-state index in [-0.39, 0.29) is 23.9 Å². The molecule has 0 saturated heterocycles. The van der Waals surface area contributed by atoms with Crippen molar-refractivity contribution in [3.05, 3.63) is 81.4 Å². The minimum Gasteiger partial charge on any atom is -0.508 e. The third kappa shape index (κ3) is 9.64. The molecule has 3 aromatic rings. The van der Waals surface area contributed by atoms with Crippen molar-refractivity contribution in [3.8, 4) is 11.6 Å². The van der Waals surface area contributed by atoms with Gasteiger partial charge in [-0.25, -0.2) is 4.79 Å². The highest BCUT2D eigenvalue weighted by molar-refractivity contribution is 5.36. The van der Waals surface area contributed by atoms with Crippen LogP contribution in [0.3, 0.4) is 0 Å². The van der Waals surface area contributed by atoms with Gasteiger partial charge in [-0.05, 0) is 67.5 Å². The van der Waals surface area contributed by atoms with Gasteiger partial charge in [0.2, 0.25) is 5.88 Å². The van der Waals surface area contributed by atoms with Crippen LogP contribution in [0.1, 0.15) is 66.9 Å². The molecule has 1 aromatic heterocycles. The van der Waals surface area contributed by atoms with Crippen LogP contribution in [0.4, 0.5) is 0 Å². The summed E-state index contributed by atoms with van der Waals surface area (Å²) in [5.41, 5.74) is 2.97. The van der Waals surface area contributed by atoms with Gasteiger partial charge in [0.05, 0.1) is 25.5 Å². The van der Waals surface area contributed by atoms with Gasteiger partial charge >= 0.3 is 5.69 Å². The van der Waals surface area contributed by atoms with Crippen LogP contribution >= 0.6 is 0 Å². The lowest BCUT2D eigenvalue weighted by Gasteiger charge is -2.14. The smallest absolute Gasteiger partial charge is 0.328 e. The summed E-state index contributed by atoms with van der Waals surface area (Å²) in [6.45, 7) is 2.86. The number of unbranched alkanes of at least 4 members (excludes halogenated alkanes) is 4. The third-order valence-electron chi connectivity index (χ3n) is 6.57. The molecular formula is C29H41N3O6. The Morgan fingerprint density at radius 1 is 0.947 bits per heavy atom. The Morgan fingerprint density at radius 2 is 1.71 bits per heavy atom. The van der Waals surface area contributed by atoms with Crippen molar-refractivity contribution < 1.29 is 25.2 Å². The zero-order chi connectivity index (χ0) is 27.2. The first-order chi connectivity index (χ1) is 18.5. The Balaban J connectivity index is 1.16. The van der Waals surface area contributed by atoms with E-state index < -0.39 is 6.10 Å². The van der Waals surface area contributed by atoms with Crippen molar-refractivity contribution in [2.75, 3.05) is 26.3 Å². The molecule has 3 rings (SSSR count). The molecule has 0 aliphatic rings. The van der Waals surface area contributed by atoms with E-state index in [4.69, 9.17) is 4.74 Å². The van der Waals surface area contributed by atoms with Gasteiger partial charge in [-0.15, -0.1) is 0 Å². The van der Waals surface area contributed by atoms with Crippen molar-refractivity contribution in [1.82, 2.24) is 14.9 Å². The van der Waals surface area contributed by atoms with Crippen LogP contribution in [0.2, 0.25) is 0 Å². The van der Waals surface area contributed by atoms with Crippen LogP contribution in [-0.2, 0) is 24.3 Å². The Bertz CT molecular complexity index is 1160. The van der Waals surface area contributed by atoms with Gasteiger partial charge in [-0.1, -0.05) is 43.2 Å². The quantitative estimate of drug-likeness (QED) is 0.139. The molecule has 0 fully saturated rings. The number of aliphatic hydroxyl groups excluding tert-OH is 2. The molecular weight excluding hydrogens is 486 g/mol. The Hall–Kier alpha value is -3.11. The van der Waals surface area contributed by atoms with Gasteiger partial charge in [0.1, 0.15) is 5.75 Å². The number of hydrogen-bond acceptors (Lipinski definition) is 7. The molecule has 9 heteroatoms. The monoisotopic (exact) mass is 527 g/mol. The number of imidazole rings is 1. The van der Waals surface area contributed by atoms with E-state index in [0.29, 0.717) is 24.2 Å². The number of hydrogen-bond donors (Lipinski definition) is 6. The number of rotatable bonds is 18.